The SMILES string of the molecule is CCOC(=O)N1C(=O)c2ccccc2C1=O.CPC.Cl.NC(=O)c1ccc(Cl)c(=O)[nH]1.N[C@H]1CCCC2(C1)NC(=O)c1ccc(Nc3ccncn3)c(=O)n12.N[C@H]1CCC[C@@H](O)C1.Nc1ccncn1.O=C1CCC[C@H](N2C(=O)c3ccccc3C2=O)C1.O=C1NC2(CCC[C@H](N3C(=O)c4ccccc4C3=O)C2)n2c1ccc(Cl)c2=O.O=C1c2ccccc2C(=O)N1[C@H]1CCC[C@@H](O)C1.O=CO[O-].[H-].[K+].[K+]. The number of nitrogen functional groups attached to an aromatic ring is 1. The van der Waals surface area contributed by atoms with Crippen molar-refractivity contribution in [2.75, 3.05) is 31.0 Å². The maximum absolute atomic E-state index is 13.0. The summed E-state index contributed by atoms with van der Waals surface area (Å²) in [5, 5.41) is 36.1. The molecule has 14 N–H and O–H groups in total. The number of aromatic nitrogens is 7. The molecule has 5 aromatic heterocycles. The van der Waals surface area contributed by atoms with Gasteiger partial charge in [0, 0.05) is 68.3 Å². The fraction of sp³-hybridized carbons (Fsp3) is 0.351. The van der Waals surface area contributed by atoms with Crippen LogP contribution in [-0.4, -0.2) is 210 Å². The number of ketones is 1. The molecule has 0 bridgehead atoms. The Labute approximate surface area is 906 Å². The van der Waals surface area contributed by atoms with Gasteiger partial charge in [-0.3, -0.25) is 101 Å². The van der Waals surface area contributed by atoms with Gasteiger partial charge < -0.3 is 70.4 Å². The van der Waals surface area contributed by atoms with Crippen LogP contribution in [0.1, 0.15) is 251 Å². The van der Waals surface area contributed by atoms with Crippen LogP contribution in [0.15, 0.2) is 185 Å². The zero-order valence-corrected chi connectivity index (χ0v) is 86.7. The summed E-state index contributed by atoms with van der Waals surface area (Å²) in [5.74, 6) is -2.93. The number of H-pyrrole nitrogens is 1. The number of aromatic amines is 1. The molecular weight excluding hydrogens is 1950 g/mol. The van der Waals surface area contributed by atoms with E-state index in [1.807, 2.05) is 0 Å². The Bertz CT molecular complexity index is 6110. The fourth-order valence-electron chi connectivity index (χ4n) is 17.7. The number of nitrogens with zero attached hydrogens (tertiary/aromatic N) is 10. The van der Waals surface area contributed by atoms with Crippen LogP contribution in [0.5, 0.6) is 0 Å². The molecule has 11 heterocycles. The number of halogens is 3. The average Bonchev–Trinajstić information content (AvgIpc) is 1.52. The van der Waals surface area contributed by atoms with E-state index < -0.39 is 58.4 Å². The number of ether oxygens (including phenoxy) is 1. The zero-order chi connectivity index (χ0) is 99.1. The molecule has 40 nitrogen and oxygen atoms in total. The van der Waals surface area contributed by atoms with Gasteiger partial charge in [0.25, 0.3) is 88.1 Å². The first-order valence-corrected chi connectivity index (χ1v) is 46.7. The van der Waals surface area contributed by atoms with E-state index in [1.54, 1.807) is 133 Å². The molecule has 20 rings (SSSR count). The topological polar surface area (TPSA) is 603 Å². The number of amides is 12. The van der Waals surface area contributed by atoms with Gasteiger partial charge in [0.05, 0.1) is 63.3 Å². The predicted octanol–water partition coefficient (Wildman–Crippen LogP) is 1.97. The molecule has 12 amide bonds. The molecule has 5 saturated carbocycles. The minimum absolute atomic E-state index is 0. The van der Waals surface area contributed by atoms with E-state index in [4.69, 9.17) is 61.3 Å². The number of Topliss-reactive ketones (excluding diaryl/α,β-unsaturated/α-hetero) is 1. The molecule has 730 valence electrons. The number of anilines is 3. The standard InChI is InChI=1S/C20H16ClN3O4.C16H18N6O2.C14H15NO3.C14H13NO3.C11H9NO4.C6H5ClN2O2.C6H13NO.C4H5N3.C2H7P.CH2O3.ClH.2K.H/c21-14-7-8-15-16(25)22-20(24(15)19(14)28)9-3-4-11(10-20)23-17(26)12-5-1-2-6-13(12)18(23)27;17-10-2-1-6-16(8-10)21-14(23)12-4-3-11(15(24)22(12)16)20-13-5-7-18-9-19-13;2*16-10-5-3-4-9(8-10)15-13(17)11-6-1-2-7-12(11)14(15)18;1-2-16-11(15)12-9(13)7-5-3-4-6-8(7)10(12)14;7-3-1-2-4(5(8)10)9-6(3)11;7-5-2-1-3-6(8)4-5;5-4-1-2-6-3-7-4;1-3-2;2-1-4-3;;;;/h1-2,5-8,11H,3-4,9-10H2,(H,22,25);3-5,7,9-10H,1-2,6,8,17H2,(H,21,23)(H,18,19,20);1-2,6-7,9-10,16H,3-5,8H2;1-2,6-7,9H,3-5,8H2;3-6H,2H2,1H3;1-2H,(H2,8,10)(H,9,11);5-6,8H,1-4,7H2;1-3H,(H2,5,6,7);3H,1-2H3;1,3H;1H;;;/q;;;;;;;;;;;2*+1;-1/p-1/t11-,20?;10-,16?;9-,10+;9-;;;5-,6+;;;;;;;/m0000..0......./s1. The van der Waals surface area contributed by atoms with Crippen molar-refractivity contribution in [1.82, 2.24) is 64.3 Å². The summed E-state index contributed by atoms with van der Waals surface area (Å²) in [6.07, 6.45) is 18.9. The number of primary amides is 1. The molecule has 5 fully saturated rings. The quantitative estimate of drug-likeness (QED) is 0.0260. The monoisotopic (exact) mass is 2050 g/mol. The zero-order valence-electron chi connectivity index (χ0n) is 78.1. The van der Waals surface area contributed by atoms with E-state index in [2.05, 4.69) is 63.8 Å². The Morgan fingerprint density at radius 2 is 0.964 bits per heavy atom. The number of hydrogen-bond donors (Lipinski definition) is 10. The van der Waals surface area contributed by atoms with Gasteiger partial charge in [0.1, 0.15) is 74.2 Å². The molecular formula is C94H104Cl3K2N18O22P. The second-order valence-corrected chi connectivity index (χ2v) is 34.9. The molecule has 5 aliphatic carbocycles. The molecule has 11 aliphatic rings. The van der Waals surface area contributed by atoms with Crippen molar-refractivity contribution in [3.05, 3.63) is 273 Å². The Morgan fingerprint density at radius 3 is 1.38 bits per heavy atom. The summed E-state index contributed by atoms with van der Waals surface area (Å²) < 4.78 is 7.62. The average molecular weight is 2050 g/mol. The van der Waals surface area contributed by atoms with Gasteiger partial charge >= 0.3 is 109 Å². The summed E-state index contributed by atoms with van der Waals surface area (Å²) in [6.45, 7) is 5.85. The summed E-state index contributed by atoms with van der Waals surface area (Å²) in [4.78, 5) is 226. The van der Waals surface area contributed by atoms with Crippen LogP contribution in [0, 0.1) is 0 Å². The van der Waals surface area contributed by atoms with Crippen LogP contribution < -0.4 is 164 Å². The molecule has 0 saturated heterocycles. The summed E-state index contributed by atoms with van der Waals surface area (Å²) in [7, 11) is 1.08. The maximum Gasteiger partial charge on any atom is 1.00 e. The van der Waals surface area contributed by atoms with Gasteiger partial charge in [0.2, 0.25) is 0 Å². The molecule has 140 heavy (non-hydrogen) atoms. The van der Waals surface area contributed by atoms with Crippen LogP contribution in [0.2, 0.25) is 10.0 Å². The molecule has 9 aromatic rings. The number of hydrogen-bond acceptors (Lipinski definition) is 30. The van der Waals surface area contributed by atoms with E-state index in [0.717, 1.165) is 79.2 Å². The van der Waals surface area contributed by atoms with Crippen LogP contribution in [-0.2, 0) is 30.5 Å². The summed E-state index contributed by atoms with van der Waals surface area (Å²) in [6, 6.07) is 38.4. The number of benzene rings is 4. The van der Waals surface area contributed by atoms with Gasteiger partial charge in [-0.15, -0.1) is 21.0 Å². The number of rotatable bonds is 8. The number of aliphatic hydroxyl groups excluding tert-OH is 2. The molecule has 4 aromatic carbocycles. The van der Waals surface area contributed by atoms with Gasteiger partial charge in [0.15, 0.2) is 0 Å². The normalized spacial score (nSPS) is 21.4. The van der Waals surface area contributed by atoms with E-state index >= 15 is 0 Å². The number of nitrogens with two attached hydrogens (primary N) is 4. The third-order valence-corrected chi connectivity index (χ3v) is 24.4. The van der Waals surface area contributed by atoms with Crippen molar-refractivity contribution in [2.24, 2.45) is 17.2 Å². The number of carbonyl (C=O) groups is 14. The van der Waals surface area contributed by atoms with E-state index in [1.165, 1.54) is 68.3 Å². The Morgan fingerprint density at radius 1 is 0.543 bits per heavy atom. The molecule has 9 atom stereocenters. The first kappa shape index (κ1) is 115. The largest absolute Gasteiger partial charge is 1.00 e. The van der Waals surface area contributed by atoms with Crippen molar-refractivity contribution >= 4 is 145 Å². The number of pyridine rings is 3. The summed E-state index contributed by atoms with van der Waals surface area (Å²) in [5.41, 5.74) is 23.1. The van der Waals surface area contributed by atoms with Crippen LogP contribution in [0.4, 0.5) is 22.1 Å². The number of carbonyl (C=O) groups excluding carboxylic acids is 14. The molecule has 2 spiro atoms. The van der Waals surface area contributed by atoms with E-state index in [9.17, 15) is 81.8 Å². The first-order chi connectivity index (χ1) is 65.7. The van der Waals surface area contributed by atoms with Crippen LogP contribution >= 0.6 is 44.2 Å². The third-order valence-electron chi connectivity index (χ3n) is 23.8. The predicted molar refractivity (Wildman–Crippen MR) is 507 cm³/mol. The fourth-order valence-corrected chi connectivity index (χ4v) is 18.0. The van der Waals surface area contributed by atoms with Crippen molar-refractivity contribution in [2.45, 2.75) is 189 Å². The van der Waals surface area contributed by atoms with Gasteiger partial charge in [-0.2, -0.15) is 4.90 Å². The Balaban J connectivity index is 0.000000222. The Kier molecular flexibility index (Phi) is 43.8. The van der Waals surface area contributed by atoms with Crippen molar-refractivity contribution in [1.29, 1.82) is 0 Å². The van der Waals surface area contributed by atoms with E-state index in [-0.39, 0.29) is 258 Å². The van der Waals surface area contributed by atoms with Crippen molar-refractivity contribution < 1.29 is 196 Å². The molecule has 6 aliphatic heterocycles. The molecule has 2 unspecified atom stereocenters. The number of imide groups is 6. The second-order valence-electron chi connectivity index (χ2n) is 33.1. The van der Waals surface area contributed by atoms with Crippen molar-refractivity contribution in [3.63, 3.8) is 0 Å². The maximum atomic E-state index is 13.0. The number of aliphatic hydroxyl groups is 2. The van der Waals surface area contributed by atoms with Gasteiger partial charge in [-0.1, -0.05) is 71.7 Å². The number of nitrogens with one attached hydrogen (secondary N) is 4. The second kappa shape index (κ2) is 53.5. The van der Waals surface area contributed by atoms with Crippen molar-refractivity contribution in [3.8, 4) is 0 Å². The van der Waals surface area contributed by atoms with Gasteiger partial charge in [-0.25, -0.2) is 24.7 Å². The van der Waals surface area contributed by atoms with E-state index in [0.29, 0.717) is 113 Å². The first-order valence-electron chi connectivity index (χ1n) is 44.0. The minimum Gasteiger partial charge on any atom is -1.00 e. The molecule has 46 heteroatoms. The smallest absolute Gasteiger partial charge is 1.00 e. The van der Waals surface area contributed by atoms with Gasteiger partial charge in [-0.05, 0) is 220 Å². The Hall–Kier alpha value is -10.6. The number of fused-ring (bicyclic) bond motifs is 8. The minimum atomic E-state index is -0.980. The molecule has 0 radical (unpaired) electrons. The summed E-state index contributed by atoms with van der Waals surface area (Å²) >= 11 is 11.4. The van der Waals surface area contributed by atoms with Crippen LogP contribution in [0.3, 0.4) is 0 Å². The third kappa shape index (κ3) is 27.5. The van der Waals surface area contributed by atoms with Crippen LogP contribution in [0.25, 0.3) is 0 Å².